The van der Waals surface area contributed by atoms with E-state index in [0.717, 1.165) is 23.7 Å². The first kappa shape index (κ1) is 25.4. The third-order valence-electron chi connectivity index (χ3n) is 6.62. The van der Waals surface area contributed by atoms with Crippen molar-refractivity contribution in [2.45, 2.75) is 32.2 Å². The van der Waals surface area contributed by atoms with Crippen molar-refractivity contribution in [2.75, 3.05) is 17.0 Å². The molecule has 5 N–H and O–H groups in total. The Morgan fingerprint density at radius 2 is 2.03 bits per heavy atom. The molecule has 1 aliphatic carbocycles. The second-order valence-corrected chi connectivity index (χ2v) is 9.94. The summed E-state index contributed by atoms with van der Waals surface area (Å²) in [6.45, 7) is 1.04. The summed E-state index contributed by atoms with van der Waals surface area (Å²) in [5.41, 5.74) is 14.2. The van der Waals surface area contributed by atoms with E-state index in [9.17, 15) is 4.79 Å². The van der Waals surface area contributed by atoms with Gasteiger partial charge < -0.3 is 21.3 Å². The highest BCUT2D eigenvalue weighted by Gasteiger charge is 2.24. The lowest BCUT2D eigenvalue weighted by Crippen LogP contribution is -2.52. The summed E-state index contributed by atoms with van der Waals surface area (Å²) < 4.78 is 2.23. The van der Waals surface area contributed by atoms with Crippen molar-refractivity contribution in [1.29, 1.82) is 0 Å². The molecule has 0 fully saturated rings. The molecule has 1 aliphatic heterocycles. The Labute approximate surface area is 232 Å². The number of carbonyl (C=O) groups excluding carboxylic acids is 1. The molecule has 192 valence electrons. The number of hydrogen-bond acceptors (Lipinski definition) is 4. The first-order valence-corrected chi connectivity index (χ1v) is 13.2. The van der Waals surface area contributed by atoms with E-state index < -0.39 is 0 Å². The highest BCUT2D eigenvalue weighted by atomic mass is 32.1. The van der Waals surface area contributed by atoms with Crippen molar-refractivity contribution in [1.82, 2.24) is 15.6 Å². The SMILES string of the molecule is C#CC[n+]1c2c(cc3cc(NC(=O)c4cccc(N(NC(N)=S)C(=S)N5C=CNC5)c4)ccc31)CCCC2. The summed E-state index contributed by atoms with van der Waals surface area (Å²) in [6, 6.07) is 15.3. The van der Waals surface area contributed by atoms with Crippen LogP contribution in [0.15, 0.2) is 60.9 Å². The predicted molar refractivity (Wildman–Crippen MR) is 158 cm³/mol. The standard InChI is InChI=1S/C28H27N7OS2/c1-2-13-34-24-9-4-3-6-19(24)15-21-16-22(10-11-25(21)34)31-26(36)20-7-5-8-23(17-20)35(32-27(29)37)28(38)33-14-12-30-18-33/h1,5,7-8,10-12,14-17,30H,3-4,6,9,13,18H2,(H3-,29,31,32,36,37)/p+1. The molecule has 1 aromatic heterocycles. The predicted octanol–water partition coefficient (Wildman–Crippen LogP) is 3.07. The highest BCUT2D eigenvalue weighted by molar-refractivity contribution is 7.80. The Morgan fingerprint density at radius 1 is 1.18 bits per heavy atom. The molecule has 38 heavy (non-hydrogen) atoms. The minimum atomic E-state index is -0.246. The summed E-state index contributed by atoms with van der Waals surface area (Å²) >= 11 is 10.7. The third kappa shape index (κ3) is 5.25. The first-order chi connectivity index (χ1) is 18.4. The number of aryl methyl sites for hydroxylation is 1. The van der Waals surface area contributed by atoms with Gasteiger partial charge in [0.2, 0.25) is 17.2 Å². The third-order valence-corrected chi connectivity index (χ3v) is 7.13. The molecule has 0 unspecified atom stereocenters. The number of anilines is 2. The van der Waals surface area contributed by atoms with Crippen molar-refractivity contribution in [2.24, 2.45) is 5.73 Å². The average Bonchev–Trinajstić information content (AvgIpc) is 3.46. The van der Waals surface area contributed by atoms with Gasteiger partial charge in [0, 0.05) is 47.1 Å². The maximum Gasteiger partial charge on any atom is 0.255 e. The van der Waals surface area contributed by atoms with E-state index >= 15 is 0 Å². The minimum Gasteiger partial charge on any atom is -0.375 e. The van der Waals surface area contributed by atoms with Crippen LogP contribution in [0.1, 0.15) is 34.5 Å². The molecule has 2 aliphatic rings. The summed E-state index contributed by atoms with van der Waals surface area (Å²) in [4.78, 5) is 15.1. The van der Waals surface area contributed by atoms with E-state index in [1.165, 1.54) is 24.1 Å². The number of nitrogens with zero attached hydrogens (tertiary/aromatic N) is 3. The number of hydrogen-bond donors (Lipinski definition) is 4. The van der Waals surface area contributed by atoms with Crippen LogP contribution in [0.4, 0.5) is 11.4 Å². The number of terminal acetylenes is 1. The van der Waals surface area contributed by atoms with Crippen molar-refractivity contribution in [3.8, 4) is 12.3 Å². The molecule has 0 saturated heterocycles. The Bertz CT molecular complexity index is 1510. The summed E-state index contributed by atoms with van der Waals surface area (Å²) in [7, 11) is 0. The molecule has 5 rings (SSSR count). The van der Waals surface area contributed by atoms with Gasteiger partial charge in [-0.15, -0.1) is 6.42 Å². The summed E-state index contributed by atoms with van der Waals surface area (Å²) in [5, 5.41) is 9.22. The molecule has 8 nitrogen and oxygen atoms in total. The molecule has 1 amide bonds. The molecule has 2 heterocycles. The van der Waals surface area contributed by atoms with Crippen LogP contribution < -0.4 is 31.4 Å². The molecule has 10 heteroatoms. The molecule has 0 bridgehead atoms. The molecule has 0 atom stereocenters. The summed E-state index contributed by atoms with van der Waals surface area (Å²) in [6.07, 6.45) is 13.7. The van der Waals surface area contributed by atoms with Crippen molar-refractivity contribution in [3.63, 3.8) is 0 Å². The Kier molecular flexibility index (Phi) is 7.40. The van der Waals surface area contributed by atoms with E-state index in [1.807, 2.05) is 35.4 Å². The number of benzene rings is 2. The number of thiocarbonyl (C=S) groups is 2. The van der Waals surface area contributed by atoms with Crippen LogP contribution in [0.5, 0.6) is 0 Å². The number of nitrogens with one attached hydrogen (secondary N) is 3. The molecular formula is C28H28N7OS2+. The van der Waals surface area contributed by atoms with Crippen LogP contribution in [-0.4, -0.2) is 27.7 Å². The zero-order chi connectivity index (χ0) is 26.6. The van der Waals surface area contributed by atoms with E-state index in [1.54, 1.807) is 29.4 Å². The van der Waals surface area contributed by atoms with E-state index in [4.69, 9.17) is 36.6 Å². The van der Waals surface area contributed by atoms with Crippen molar-refractivity contribution in [3.05, 3.63) is 77.8 Å². The fourth-order valence-electron chi connectivity index (χ4n) is 4.90. The molecule has 3 aromatic rings. The smallest absolute Gasteiger partial charge is 0.255 e. The number of aromatic nitrogens is 1. The number of hydrazine groups is 1. The van der Waals surface area contributed by atoms with Gasteiger partial charge in [-0.25, -0.2) is 5.01 Å². The van der Waals surface area contributed by atoms with Gasteiger partial charge in [0.05, 0.1) is 12.4 Å². The van der Waals surface area contributed by atoms with Crippen molar-refractivity contribution < 1.29 is 9.36 Å². The highest BCUT2D eigenvalue weighted by Crippen LogP contribution is 2.25. The second kappa shape index (κ2) is 11.0. The summed E-state index contributed by atoms with van der Waals surface area (Å²) in [5.74, 6) is 2.55. The zero-order valence-corrected chi connectivity index (χ0v) is 22.4. The molecule has 2 aromatic carbocycles. The maximum atomic E-state index is 13.3. The number of pyridine rings is 1. The largest absolute Gasteiger partial charge is 0.375 e. The van der Waals surface area contributed by atoms with Crippen LogP contribution in [0.25, 0.3) is 10.9 Å². The number of amides is 1. The van der Waals surface area contributed by atoms with Gasteiger partial charge in [-0.3, -0.25) is 10.2 Å². The van der Waals surface area contributed by atoms with Crippen LogP contribution in [-0.2, 0) is 19.4 Å². The Balaban J connectivity index is 1.41. The second-order valence-electron chi connectivity index (χ2n) is 9.13. The minimum absolute atomic E-state index is 0.0544. The first-order valence-electron chi connectivity index (χ1n) is 12.3. The van der Waals surface area contributed by atoms with Gasteiger partial charge >= 0.3 is 0 Å². The van der Waals surface area contributed by atoms with Gasteiger partial charge in [-0.2, -0.15) is 4.57 Å². The number of nitrogens with two attached hydrogens (primary N) is 1. The van der Waals surface area contributed by atoms with Gasteiger partial charge in [-0.1, -0.05) is 6.07 Å². The number of carbonyl (C=O) groups is 1. The van der Waals surface area contributed by atoms with Crippen LogP contribution in [0, 0.1) is 12.3 Å². The van der Waals surface area contributed by atoms with Crippen LogP contribution in [0.2, 0.25) is 0 Å². The van der Waals surface area contributed by atoms with Crippen LogP contribution >= 0.6 is 24.4 Å². The van der Waals surface area contributed by atoms with Crippen molar-refractivity contribution >= 4 is 62.8 Å². The van der Waals surface area contributed by atoms with Crippen LogP contribution in [0.3, 0.4) is 0 Å². The lowest BCUT2D eigenvalue weighted by molar-refractivity contribution is -0.667. The lowest BCUT2D eigenvalue weighted by atomic mass is 9.94. The molecule has 0 spiro atoms. The zero-order valence-electron chi connectivity index (χ0n) is 20.7. The topological polar surface area (TPSA) is 89.5 Å². The number of rotatable bonds is 4. The van der Waals surface area contributed by atoms with Gasteiger partial charge in [0.1, 0.15) is 0 Å². The van der Waals surface area contributed by atoms with E-state index in [0.29, 0.717) is 35.3 Å². The number of fused-ring (bicyclic) bond motifs is 2. The monoisotopic (exact) mass is 542 g/mol. The Hall–Kier alpha value is -4.20. The fourth-order valence-corrected chi connectivity index (χ4v) is 5.27. The van der Waals surface area contributed by atoms with Gasteiger partial charge in [-0.05, 0) is 86.0 Å². The quantitative estimate of drug-likeness (QED) is 0.173. The Morgan fingerprint density at radius 3 is 2.79 bits per heavy atom. The molecular weight excluding hydrogens is 514 g/mol. The lowest BCUT2D eigenvalue weighted by Gasteiger charge is -2.30. The fraction of sp³-hybridized carbons (Fsp3) is 0.214. The average molecular weight is 543 g/mol. The van der Waals surface area contributed by atoms with E-state index in [-0.39, 0.29) is 11.0 Å². The normalized spacial score (nSPS) is 13.8. The van der Waals surface area contributed by atoms with E-state index in [2.05, 4.69) is 32.6 Å². The molecule has 0 radical (unpaired) electrons. The van der Waals surface area contributed by atoms with Gasteiger partial charge in [0.25, 0.3) is 5.91 Å². The van der Waals surface area contributed by atoms with Gasteiger partial charge in [0.15, 0.2) is 10.8 Å². The molecule has 0 saturated carbocycles. The maximum absolute atomic E-state index is 13.3.